The van der Waals surface area contributed by atoms with E-state index in [9.17, 15) is 5.11 Å². The molecule has 90 valence electrons. The zero-order valence-electron chi connectivity index (χ0n) is 9.91. The first-order valence-corrected chi connectivity index (χ1v) is 6.22. The predicted molar refractivity (Wildman–Crippen MR) is 63.2 cm³/mol. The number of aryl methyl sites for hydroxylation is 1. The van der Waals surface area contributed by atoms with Gasteiger partial charge in [-0.15, -0.1) is 0 Å². The van der Waals surface area contributed by atoms with Crippen LogP contribution >= 0.6 is 0 Å². The first-order chi connectivity index (χ1) is 7.75. The van der Waals surface area contributed by atoms with Crippen LogP contribution in [0, 0.1) is 6.92 Å². The van der Waals surface area contributed by atoms with E-state index < -0.39 is 0 Å². The van der Waals surface area contributed by atoms with Gasteiger partial charge in [-0.2, -0.15) is 0 Å². The van der Waals surface area contributed by atoms with Crippen LogP contribution in [0.2, 0.25) is 0 Å². The molecule has 1 aliphatic rings. The highest BCUT2D eigenvalue weighted by Crippen LogP contribution is 2.18. The number of hydrogen-bond donors (Lipinski definition) is 2. The number of aliphatic hydroxyl groups is 1. The van der Waals surface area contributed by atoms with Crippen molar-refractivity contribution in [3.63, 3.8) is 0 Å². The highest BCUT2D eigenvalue weighted by Gasteiger charge is 2.20. The smallest absolute Gasteiger partial charge is 0.117 e. The van der Waals surface area contributed by atoms with Crippen molar-refractivity contribution < 1.29 is 9.52 Å². The molecular formula is C13H21NO2. The number of rotatable bonds is 3. The van der Waals surface area contributed by atoms with Crippen LogP contribution in [-0.4, -0.2) is 17.3 Å². The molecule has 2 N–H and O–H groups in total. The van der Waals surface area contributed by atoms with Crippen molar-refractivity contribution in [2.24, 2.45) is 0 Å². The fourth-order valence-corrected chi connectivity index (χ4v) is 2.34. The van der Waals surface area contributed by atoms with E-state index in [1.807, 2.05) is 19.1 Å². The number of hydrogen-bond acceptors (Lipinski definition) is 3. The summed E-state index contributed by atoms with van der Waals surface area (Å²) >= 11 is 0. The summed E-state index contributed by atoms with van der Waals surface area (Å²) in [5, 5.41) is 13.3. The average molecular weight is 223 g/mol. The van der Waals surface area contributed by atoms with Gasteiger partial charge in [0.25, 0.3) is 0 Å². The Bertz CT molecular complexity index is 321. The quantitative estimate of drug-likeness (QED) is 0.773. The summed E-state index contributed by atoms with van der Waals surface area (Å²) < 4.78 is 5.50. The van der Waals surface area contributed by atoms with Crippen molar-refractivity contribution in [3.05, 3.63) is 23.7 Å². The largest absolute Gasteiger partial charge is 0.465 e. The zero-order chi connectivity index (χ0) is 11.4. The molecule has 0 aliphatic heterocycles. The third-order valence-corrected chi connectivity index (χ3v) is 3.31. The molecule has 0 saturated heterocycles. The van der Waals surface area contributed by atoms with Gasteiger partial charge in [0, 0.05) is 6.04 Å². The Morgan fingerprint density at radius 2 is 2.12 bits per heavy atom. The molecule has 3 nitrogen and oxygen atoms in total. The van der Waals surface area contributed by atoms with Gasteiger partial charge in [0.2, 0.25) is 0 Å². The second kappa shape index (κ2) is 5.51. The maximum absolute atomic E-state index is 9.94. The Morgan fingerprint density at radius 1 is 1.31 bits per heavy atom. The molecule has 0 bridgehead atoms. The lowest BCUT2D eigenvalue weighted by Crippen LogP contribution is -2.38. The highest BCUT2D eigenvalue weighted by molar-refractivity contribution is 5.05. The fraction of sp³-hybridized carbons (Fsp3) is 0.692. The van der Waals surface area contributed by atoms with Gasteiger partial charge in [-0.25, -0.2) is 0 Å². The first-order valence-electron chi connectivity index (χ1n) is 6.22. The van der Waals surface area contributed by atoms with E-state index in [1.165, 1.54) is 12.8 Å². The van der Waals surface area contributed by atoms with E-state index in [2.05, 4.69) is 5.32 Å². The molecule has 16 heavy (non-hydrogen) atoms. The monoisotopic (exact) mass is 223 g/mol. The van der Waals surface area contributed by atoms with Crippen molar-refractivity contribution in [1.82, 2.24) is 5.32 Å². The lowest BCUT2D eigenvalue weighted by Gasteiger charge is -2.21. The van der Waals surface area contributed by atoms with Crippen LogP contribution in [-0.2, 0) is 6.54 Å². The maximum Gasteiger partial charge on any atom is 0.117 e. The van der Waals surface area contributed by atoms with Crippen LogP contribution in [0.25, 0.3) is 0 Å². The topological polar surface area (TPSA) is 45.4 Å². The maximum atomic E-state index is 9.94. The van der Waals surface area contributed by atoms with E-state index in [0.29, 0.717) is 0 Å². The molecule has 1 aliphatic carbocycles. The van der Waals surface area contributed by atoms with Gasteiger partial charge >= 0.3 is 0 Å². The second-order valence-electron chi connectivity index (χ2n) is 4.71. The van der Waals surface area contributed by atoms with Crippen molar-refractivity contribution in [2.45, 2.75) is 57.7 Å². The average Bonchev–Trinajstić information content (AvgIpc) is 2.56. The Kier molecular flexibility index (Phi) is 4.02. The van der Waals surface area contributed by atoms with E-state index in [0.717, 1.165) is 37.3 Å². The molecule has 2 rings (SSSR count). The normalized spacial score (nSPS) is 26.6. The molecule has 2 unspecified atom stereocenters. The molecule has 0 aromatic carbocycles. The minimum Gasteiger partial charge on any atom is -0.465 e. The van der Waals surface area contributed by atoms with Crippen LogP contribution in [0.5, 0.6) is 0 Å². The molecule has 3 heteroatoms. The molecule has 0 radical (unpaired) electrons. The highest BCUT2D eigenvalue weighted by atomic mass is 16.3. The predicted octanol–water partition coefficient (Wildman–Crippen LogP) is 2.37. The fourth-order valence-electron chi connectivity index (χ4n) is 2.34. The van der Waals surface area contributed by atoms with Crippen molar-refractivity contribution >= 4 is 0 Å². The van der Waals surface area contributed by atoms with E-state index in [1.54, 1.807) is 0 Å². The number of aliphatic hydroxyl groups excluding tert-OH is 1. The SMILES string of the molecule is Cc1ccc(CNC2CCCCCC2O)o1. The Morgan fingerprint density at radius 3 is 2.88 bits per heavy atom. The van der Waals surface area contributed by atoms with Gasteiger partial charge in [0.15, 0.2) is 0 Å². The molecule has 1 saturated carbocycles. The summed E-state index contributed by atoms with van der Waals surface area (Å²) in [7, 11) is 0. The van der Waals surface area contributed by atoms with Gasteiger partial charge in [-0.1, -0.05) is 19.3 Å². The molecular weight excluding hydrogens is 202 g/mol. The van der Waals surface area contributed by atoms with Crippen LogP contribution in [0.3, 0.4) is 0 Å². The molecule has 2 atom stereocenters. The van der Waals surface area contributed by atoms with Crippen molar-refractivity contribution in [3.8, 4) is 0 Å². The molecule has 1 aromatic rings. The first kappa shape index (κ1) is 11.7. The van der Waals surface area contributed by atoms with Gasteiger partial charge in [0.05, 0.1) is 12.6 Å². The Labute approximate surface area is 96.8 Å². The molecule has 0 amide bonds. The van der Waals surface area contributed by atoms with E-state index in [-0.39, 0.29) is 12.1 Å². The molecule has 1 fully saturated rings. The zero-order valence-corrected chi connectivity index (χ0v) is 9.91. The summed E-state index contributed by atoms with van der Waals surface area (Å²) in [5.41, 5.74) is 0. The summed E-state index contributed by atoms with van der Waals surface area (Å²) in [6.45, 7) is 2.67. The van der Waals surface area contributed by atoms with Crippen molar-refractivity contribution in [1.29, 1.82) is 0 Å². The summed E-state index contributed by atoms with van der Waals surface area (Å²) in [6.07, 6.45) is 5.41. The third-order valence-electron chi connectivity index (χ3n) is 3.31. The molecule has 1 heterocycles. The summed E-state index contributed by atoms with van der Waals surface area (Å²) in [6, 6.07) is 4.19. The summed E-state index contributed by atoms with van der Waals surface area (Å²) in [4.78, 5) is 0. The minimum absolute atomic E-state index is 0.196. The molecule has 1 aromatic heterocycles. The van der Waals surface area contributed by atoms with Crippen LogP contribution in [0.1, 0.15) is 43.6 Å². The van der Waals surface area contributed by atoms with Gasteiger partial charge in [-0.05, 0) is 31.9 Å². The number of nitrogens with one attached hydrogen (secondary N) is 1. The van der Waals surface area contributed by atoms with E-state index in [4.69, 9.17) is 4.42 Å². The summed E-state index contributed by atoms with van der Waals surface area (Å²) in [5.74, 6) is 1.90. The van der Waals surface area contributed by atoms with Crippen LogP contribution in [0.15, 0.2) is 16.5 Å². The Balaban J connectivity index is 1.83. The third kappa shape index (κ3) is 3.09. The van der Waals surface area contributed by atoms with Crippen LogP contribution in [0.4, 0.5) is 0 Å². The lowest BCUT2D eigenvalue weighted by molar-refractivity contribution is 0.118. The standard InChI is InChI=1S/C13H21NO2/c1-10-7-8-11(16-10)9-14-12-5-3-2-4-6-13(12)15/h7-8,12-15H,2-6,9H2,1H3. The van der Waals surface area contributed by atoms with Crippen molar-refractivity contribution in [2.75, 3.05) is 0 Å². The lowest BCUT2D eigenvalue weighted by atomic mass is 10.1. The van der Waals surface area contributed by atoms with Crippen LogP contribution < -0.4 is 5.32 Å². The van der Waals surface area contributed by atoms with E-state index >= 15 is 0 Å². The van der Waals surface area contributed by atoms with Gasteiger partial charge in [-0.3, -0.25) is 0 Å². The van der Waals surface area contributed by atoms with Gasteiger partial charge in [0.1, 0.15) is 11.5 Å². The Hall–Kier alpha value is -0.800. The molecule has 0 spiro atoms. The minimum atomic E-state index is -0.196. The second-order valence-corrected chi connectivity index (χ2v) is 4.71. The van der Waals surface area contributed by atoms with Gasteiger partial charge < -0.3 is 14.8 Å². The number of furan rings is 1.